The van der Waals surface area contributed by atoms with Crippen LogP contribution in [0.1, 0.15) is 41.6 Å². The largest absolute Gasteiger partial charge is 0.430 e. The Balaban J connectivity index is 1.48. The molecule has 2 aromatic rings. The molecule has 2 heterocycles. The third kappa shape index (κ3) is 6.10. The fraction of sp³-hybridized carbons (Fsp3) is 0.480. The van der Waals surface area contributed by atoms with Crippen LogP contribution >= 0.6 is 11.6 Å². The number of alkyl halides is 3. The minimum Gasteiger partial charge on any atom is -0.369 e. The van der Waals surface area contributed by atoms with Crippen LogP contribution in [0.2, 0.25) is 5.15 Å². The summed E-state index contributed by atoms with van der Waals surface area (Å²) < 4.78 is 40.8. The number of carbonyl (C=O) groups excluding carboxylic acids is 2. The minimum absolute atomic E-state index is 0.0306. The van der Waals surface area contributed by atoms with Crippen LogP contribution in [-0.2, 0) is 10.4 Å². The Hall–Kier alpha value is -2.85. The van der Waals surface area contributed by atoms with Crippen LogP contribution in [0.25, 0.3) is 0 Å². The lowest BCUT2D eigenvalue weighted by atomic mass is 9.91. The maximum absolute atomic E-state index is 13.6. The van der Waals surface area contributed by atoms with Crippen molar-refractivity contribution in [1.82, 2.24) is 15.2 Å². The molecule has 11 heteroatoms. The number of hydrogen-bond acceptors (Lipinski definition) is 5. The Morgan fingerprint density at radius 1 is 1.14 bits per heavy atom. The number of carbonyl (C=O) groups is 2. The van der Waals surface area contributed by atoms with Crippen molar-refractivity contribution in [2.24, 2.45) is 5.92 Å². The van der Waals surface area contributed by atoms with E-state index < -0.39 is 23.2 Å². The molecule has 1 aliphatic heterocycles. The number of halogens is 4. The molecule has 3 rings (SSSR count). The van der Waals surface area contributed by atoms with Gasteiger partial charge in [-0.1, -0.05) is 41.9 Å². The van der Waals surface area contributed by atoms with Crippen molar-refractivity contribution in [3.8, 4) is 0 Å². The normalized spacial score (nSPS) is 16.4. The molecule has 0 radical (unpaired) electrons. The second kappa shape index (κ2) is 11.5. The Bertz CT molecular complexity index is 1060. The van der Waals surface area contributed by atoms with Gasteiger partial charge < -0.3 is 20.2 Å². The molecule has 1 unspecified atom stereocenters. The van der Waals surface area contributed by atoms with Crippen LogP contribution in [0.15, 0.2) is 42.5 Å². The second-order valence-electron chi connectivity index (χ2n) is 9.11. The van der Waals surface area contributed by atoms with Crippen LogP contribution in [0.4, 0.5) is 19.0 Å². The van der Waals surface area contributed by atoms with Crippen molar-refractivity contribution >= 4 is 29.2 Å². The lowest BCUT2D eigenvalue weighted by Crippen LogP contribution is -2.54. The predicted molar refractivity (Wildman–Crippen MR) is 131 cm³/mol. The molecular formula is C25H30ClF3N4O3. The summed E-state index contributed by atoms with van der Waals surface area (Å²) in [4.78, 5) is 32.4. The molecule has 1 aromatic heterocycles. The quantitative estimate of drug-likeness (QED) is 0.401. The highest BCUT2D eigenvalue weighted by Crippen LogP contribution is 2.39. The van der Waals surface area contributed by atoms with Gasteiger partial charge >= 0.3 is 6.18 Å². The minimum atomic E-state index is -5.15. The van der Waals surface area contributed by atoms with Crippen molar-refractivity contribution in [1.29, 1.82) is 0 Å². The Kier molecular flexibility index (Phi) is 8.84. The van der Waals surface area contributed by atoms with Crippen molar-refractivity contribution in [3.05, 3.63) is 58.7 Å². The second-order valence-corrected chi connectivity index (χ2v) is 9.47. The van der Waals surface area contributed by atoms with Gasteiger partial charge in [-0.15, -0.1) is 0 Å². The van der Waals surface area contributed by atoms with Gasteiger partial charge in [-0.2, -0.15) is 13.2 Å². The molecule has 0 saturated carbocycles. The average Bonchev–Trinajstić information content (AvgIpc) is 2.85. The molecule has 2 amide bonds. The fourth-order valence-corrected chi connectivity index (χ4v) is 4.51. The third-order valence-corrected chi connectivity index (χ3v) is 6.70. The molecule has 1 aromatic carbocycles. The summed E-state index contributed by atoms with van der Waals surface area (Å²) in [6.07, 6.45) is -2.23. The first kappa shape index (κ1) is 27.7. The number of aliphatic hydroxyl groups is 1. The van der Waals surface area contributed by atoms with E-state index >= 15 is 0 Å². The molecular weight excluding hydrogens is 497 g/mol. The topological polar surface area (TPSA) is 85.8 Å². The average molecular weight is 527 g/mol. The number of amides is 2. The number of aromatic nitrogens is 1. The molecule has 1 saturated heterocycles. The third-order valence-electron chi connectivity index (χ3n) is 6.41. The highest BCUT2D eigenvalue weighted by atomic mass is 35.5. The van der Waals surface area contributed by atoms with Gasteiger partial charge in [0.15, 0.2) is 0 Å². The molecule has 196 valence electrons. The van der Waals surface area contributed by atoms with Gasteiger partial charge in [0, 0.05) is 39.3 Å². The maximum atomic E-state index is 13.6. The Labute approximate surface area is 213 Å². The molecule has 7 nitrogen and oxygen atoms in total. The van der Waals surface area contributed by atoms with Crippen LogP contribution in [0.3, 0.4) is 0 Å². The van der Waals surface area contributed by atoms with E-state index in [4.69, 9.17) is 11.6 Å². The Morgan fingerprint density at radius 2 is 1.78 bits per heavy atom. The van der Waals surface area contributed by atoms with Crippen molar-refractivity contribution in [3.63, 3.8) is 0 Å². The van der Waals surface area contributed by atoms with Gasteiger partial charge in [0.05, 0.1) is 5.56 Å². The molecule has 1 atom stereocenters. The van der Waals surface area contributed by atoms with E-state index in [1.54, 1.807) is 26.2 Å². The van der Waals surface area contributed by atoms with Crippen LogP contribution in [-0.4, -0.2) is 66.7 Å². The summed E-state index contributed by atoms with van der Waals surface area (Å²) >= 11 is 6.22. The summed E-state index contributed by atoms with van der Waals surface area (Å²) in [5.74, 6) is -0.662. The van der Waals surface area contributed by atoms with Crippen LogP contribution < -0.4 is 10.2 Å². The number of nitrogens with zero attached hydrogens (tertiary/aromatic N) is 3. The van der Waals surface area contributed by atoms with E-state index in [9.17, 15) is 27.9 Å². The van der Waals surface area contributed by atoms with E-state index in [0.717, 1.165) is 44.5 Å². The number of anilines is 1. The zero-order valence-electron chi connectivity index (χ0n) is 20.2. The molecule has 0 bridgehead atoms. The molecule has 0 spiro atoms. The van der Waals surface area contributed by atoms with E-state index in [-0.39, 0.29) is 17.6 Å². The van der Waals surface area contributed by atoms with Crippen molar-refractivity contribution in [2.45, 2.75) is 37.5 Å². The first-order chi connectivity index (χ1) is 16.9. The summed E-state index contributed by atoms with van der Waals surface area (Å²) in [6.45, 7) is 1.48. The Morgan fingerprint density at radius 3 is 2.33 bits per heavy atom. The summed E-state index contributed by atoms with van der Waals surface area (Å²) in [6, 6.07) is 9.79. The smallest absolute Gasteiger partial charge is 0.369 e. The first-order valence-corrected chi connectivity index (χ1v) is 12.1. The standard InChI is InChI=1S/C25H30ClF3N4O3/c1-32(2)22(34)19-10-11-20(31-21(19)26)33-15-12-17(13-16-33)7-6-14-30-23(35)24(36,25(27,28)29)18-8-4-3-5-9-18/h3-5,8-11,17,36H,6-7,12-16H2,1-2H3,(H,30,35). The number of rotatable bonds is 8. The lowest BCUT2D eigenvalue weighted by Gasteiger charge is -2.33. The highest BCUT2D eigenvalue weighted by molar-refractivity contribution is 6.32. The van der Waals surface area contributed by atoms with E-state index in [0.29, 0.717) is 23.7 Å². The SMILES string of the molecule is CN(C)C(=O)c1ccc(N2CCC(CCCNC(=O)C(O)(c3ccccc3)C(F)(F)F)CC2)nc1Cl. The number of benzene rings is 1. The number of piperidine rings is 1. The van der Waals surface area contributed by atoms with Gasteiger partial charge in [0.25, 0.3) is 17.4 Å². The lowest BCUT2D eigenvalue weighted by molar-refractivity contribution is -0.257. The fourth-order valence-electron chi connectivity index (χ4n) is 4.28. The molecule has 36 heavy (non-hydrogen) atoms. The van der Waals surface area contributed by atoms with Crippen molar-refractivity contribution in [2.75, 3.05) is 38.6 Å². The maximum Gasteiger partial charge on any atom is 0.430 e. The summed E-state index contributed by atoms with van der Waals surface area (Å²) in [7, 11) is 3.28. The predicted octanol–water partition coefficient (Wildman–Crippen LogP) is 4.00. The molecule has 0 aliphatic carbocycles. The molecule has 2 N–H and O–H groups in total. The highest BCUT2D eigenvalue weighted by Gasteiger charge is 2.60. The van der Waals surface area contributed by atoms with Gasteiger partial charge in [-0.25, -0.2) is 4.98 Å². The summed E-state index contributed by atoms with van der Waals surface area (Å²) in [5, 5.41) is 12.7. The number of pyridine rings is 1. The van der Waals surface area contributed by atoms with E-state index in [1.165, 1.54) is 23.1 Å². The number of hydrogen-bond donors (Lipinski definition) is 2. The summed E-state index contributed by atoms with van der Waals surface area (Å²) in [5.41, 5.74) is -3.78. The van der Waals surface area contributed by atoms with E-state index in [1.807, 2.05) is 0 Å². The van der Waals surface area contributed by atoms with Gasteiger partial charge in [-0.3, -0.25) is 9.59 Å². The van der Waals surface area contributed by atoms with Gasteiger partial charge in [0.2, 0.25) is 0 Å². The zero-order chi connectivity index (χ0) is 26.5. The molecule has 1 fully saturated rings. The van der Waals surface area contributed by atoms with Gasteiger partial charge in [-0.05, 0) is 43.7 Å². The first-order valence-electron chi connectivity index (χ1n) is 11.7. The van der Waals surface area contributed by atoms with Gasteiger partial charge in [0.1, 0.15) is 11.0 Å². The monoisotopic (exact) mass is 526 g/mol. The number of nitrogens with one attached hydrogen (secondary N) is 1. The van der Waals surface area contributed by atoms with Crippen LogP contribution in [0.5, 0.6) is 0 Å². The molecule has 1 aliphatic rings. The zero-order valence-corrected chi connectivity index (χ0v) is 20.9. The van der Waals surface area contributed by atoms with Crippen molar-refractivity contribution < 1.29 is 27.9 Å². The van der Waals surface area contributed by atoms with E-state index in [2.05, 4.69) is 15.2 Å². The van der Waals surface area contributed by atoms with Crippen LogP contribution in [0, 0.1) is 5.92 Å².